The van der Waals surface area contributed by atoms with Gasteiger partial charge in [0.05, 0.1) is 18.9 Å². The zero-order valence-corrected chi connectivity index (χ0v) is 16.9. The fourth-order valence-electron chi connectivity index (χ4n) is 2.38. The fraction of sp³-hybridized carbons (Fsp3) is 0.105. The molecule has 0 unspecified atom stereocenters. The summed E-state index contributed by atoms with van der Waals surface area (Å²) in [6.07, 6.45) is -1.78. The maximum absolute atomic E-state index is 13.0. The number of hydrogen-bond acceptors (Lipinski definition) is 5. The van der Waals surface area contributed by atoms with Crippen LogP contribution in [0.15, 0.2) is 59.5 Å². The van der Waals surface area contributed by atoms with Crippen molar-refractivity contribution < 1.29 is 27.4 Å². The molecule has 7 nitrogen and oxygen atoms in total. The lowest BCUT2D eigenvalue weighted by atomic mass is 10.2. The van der Waals surface area contributed by atoms with Gasteiger partial charge in [-0.05, 0) is 42.5 Å². The molecule has 1 aromatic heterocycles. The fourth-order valence-corrected chi connectivity index (χ4v) is 2.85. The number of carbonyl (C=O) groups is 1. The van der Waals surface area contributed by atoms with Crippen molar-refractivity contribution in [3.05, 3.63) is 65.0 Å². The summed E-state index contributed by atoms with van der Waals surface area (Å²) in [6.45, 7) is 0. The van der Waals surface area contributed by atoms with Crippen LogP contribution in [0.25, 0.3) is 0 Å². The number of nitrogens with one attached hydrogen (secondary N) is 2. The predicted octanol–water partition coefficient (Wildman–Crippen LogP) is 5.70. The van der Waals surface area contributed by atoms with Crippen LogP contribution in [0.1, 0.15) is 5.56 Å². The van der Waals surface area contributed by atoms with E-state index in [4.69, 9.17) is 9.47 Å². The first-order chi connectivity index (χ1) is 14.3. The average Bonchev–Trinajstić information content (AvgIpc) is 2.70. The summed E-state index contributed by atoms with van der Waals surface area (Å²) in [7, 11) is 1.45. The summed E-state index contributed by atoms with van der Waals surface area (Å²) in [5.74, 6) is 1.02. The van der Waals surface area contributed by atoms with Gasteiger partial charge in [-0.3, -0.25) is 0 Å². The van der Waals surface area contributed by atoms with Gasteiger partial charge in [0.2, 0.25) is 5.75 Å². The van der Waals surface area contributed by atoms with E-state index in [9.17, 15) is 18.0 Å². The Morgan fingerprint density at radius 2 is 1.73 bits per heavy atom. The van der Waals surface area contributed by atoms with Gasteiger partial charge < -0.3 is 20.1 Å². The van der Waals surface area contributed by atoms with Gasteiger partial charge in [-0.2, -0.15) is 18.2 Å². The van der Waals surface area contributed by atoms with Gasteiger partial charge in [0.25, 0.3) is 5.88 Å². The highest BCUT2D eigenvalue weighted by Crippen LogP contribution is 2.36. The van der Waals surface area contributed by atoms with Crippen molar-refractivity contribution in [2.24, 2.45) is 0 Å². The lowest BCUT2D eigenvalue weighted by molar-refractivity contribution is -0.138. The van der Waals surface area contributed by atoms with Crippen LogP contribution < -0.4 is 20.1 Å². The molecule has 156 valence electrons. The summed E-state index contributed by atoms with van der Waals surface area (Å²) >= 11 is 2.85. The average molecular weight is 483 g/mol. The molecule has 2 aromatic carbocycles. The van der Waals surface area contributed by atoms with Crippen LogP contribution in [0.5, 0.6) is 17.4 Å². The first-order valence-electron chi connectivity index (χ1n) is 8.33. The number of rotatable bonds is 5. The van der Waals surface area contributed by atoms with E-state index in [-0.39, 0.29) is 16.0 Å². The number of aromatic nitrogens is 2. The van der Waals surface area contributed by atoms with E-state index in [2.05, 4.69) is 36.5 Å². The van der Waals surface area contributed by atoms with Crippen molar-refractivity contribution in [2.75, 3.05) is 17.7 Å². The number of carbonyl (C=O) groups excluding carboxylic acids is 1. The molecule has 2 N–H and O–H groups in total. The van der Waals surface area contributed by atoms with Gasteiger partial charge in [0.1, 0.15) is 12.1 Å². The number of anilines is 2. The number of ether oxygens (including phenoxy) is 2. The molecular formula is C19H14BrF3N4O3. The molecule has 0 saturated carbocycles. The molecule has 3 rings (SSSR count). The molecule has 0 saturated heterocycles. The SMILES string of the molecule is COc1ncncc1Oc1ccc(NC(=O)Nc2ccc(Br)c(C(F)(F)F)c2)cc1. The zero-order valence-electron chi connectivity index (χ0n) is 15.3. The smallest absolute Gasteiger partial charge is 0.417 e. The van der Waals surface area contributed by atoms with E-state index < -0.39 is 17.8 Å². The van der Waals surface area contributed by atoms with Crippen LogP contribution in [-0.2, 0) is 6.18 Å². The Kier molecular flexibility index (Phi) is 6.40. The van der Waals surface area contributed by atoms with Gasteiger partial charge in [-0.15, -0.1) is 0 Å². The Morgan fingerprint density at radius 3 is 2.40 bits per heavy atom. The summed E-state index contributed by atoms with van der Waals surface area (Å²) < 4.78 is 49.5. The number of alkyl halides is 3. The summed E-state index contributed by atoms with van der Waals surface area (Å²) in [4.78, 5) is 19.9. The third kappa shape index (κ3) is 5.38. The predicted molar refractivity (Wildman–Crippen MR) is 107 cm³/mol. The zero-order chi connectivity index (χ0) is 21.7. The van der Waals surface area contributed by atoms with Crippen molar-refractivity contribution in [2.45, 2.75) is 6.18 Å². The summed E-state index contributed by atoms with van der Waals surface area (Å²) in [5.41, 5.74) is -0.481. The molecule has 0 atom stereocenters. The number of hydrogen-bond donors (Lipinski definition) is 2. The molecule has 2 amide bonds. The van der Waals surface area contributed by atoms with Crippen molar-refractivity contribution in [1.29, 1.82) is 0 Å². The van der Waals surface area contributed by atoms with Crippen LogP contribution in [0, 0.1) is 0 Å². The number of nitrogens with zero attached hydrogens (tertiary/aromatic N) is 2. The molecule has 0 aliphatic carbocycles. The first kappa shape index (κ1) is 21.4. The monoisotopic (exact) mass is 482 g/mol. The maximum atomic E-state index is 13.0. The second-order valence-electron chi connectivity index (χ2n) is 5.79. The highest BCUT2D eigenvalue weighted by Gasteiger charge is 2.33. The van der Waals surface area contributed by atoms with E-state index in [0.29, 0.717) is 17.2 Å². The second-order valence-corrected chi connectivity index (χ2v) is 6.65. The second kappa shape index (κ2) is 8.99. The third-order valence-electron chi connectivity index (χ3n) is 3.71. The molecule has 0 bridgehead atoms. The number of urea groups is 1. The van der Waals surface area contributed by atoms with Gasteiger partial charge in [0, 0.05) is 15.8 Å². The quantitative estimate of drug-likeness (QED) is 0.486. The maximum Gasteiger partial charge on any atom is 0.417 e. The minimum atomic E-state index is -4.55. The summed E-state index contributed by atoms with van der Waals surface area (Å²) in [5, 5.41) is 4.89. The molecule has 0 spiro atoms. The molecule has 11 heteroatoms. The molecule has 3 aromatic rings. The normalized spacial score (nSPS) is 11.0. The molecule has 30 heavy (non-hydrogen) atoms. The van der Waals surface area contributed by atoms with E-state index in [1.165, 1.54) is 31.8 Å². The van der Waals surface area contributed by atoms with Crippen molar-refractivity contribution >= 4 is 33.3 Å². The number of benzene rings is 2. The van der Waals surface area contributed by atoms with Crippen LogP contribution in [0.3, 0.4) is 0 Å². The van der Waals surface area contributed by atoms with E-state index in [1.54, 1.807) is 24.3 Å². The van der Waals surface area contributed by atoms with Crippen LogP contribution in [0.2, 0.25) is 0 Å². The third-order valence-corrected chi connectivity index (χ3v) is 4.40. The van der Waals surface area contributed by atoms with Gasteiger partial charge >= 0.3 is 12.2 Å². The van der Waals surface area contributed by atoms with Crippen molar-refractivity contribution in [1.82, 2.24) is 9.97 Å². The van der Waals surface area contributed by atoms with Crippen molar-refractivity contribution in [3.63, 3.8) is 0 Å². The van der Waals surface area contributed by atoms with Gasteiger partial charge in [0.15, 0.2) is 0 Å². The minimum absolute atomic E-state index is 0.000786. The molecule has 0 radical (unpaired) electrons. The first-order valence-corrected chi connectivity index (χ1v) is 9.12. The molecule has 0 aliphatic heterocycles. The van der Waals surface area contributed by atoms with E-state index in [1.807, 2.05) is 0 Å². The number of amides is 2. The molecule has 0 fully saturated rings. The molecular weight excluding hydrogens is 469 g/mol. The van der Waals surface area contributed by atoms with Crippen molar-refractivity contribution in [3.8, 4) is 17.4 Å². The highest BCUT2D eigenvalue weighted by molar-refractivity contribution is 9.10. The largest absolute Gasteiger partial charge is 0.478 e. The van der Waals surface area contributed by atoms with Crippen LogP contribution in [0.4, 0.5) is 29.3 Å². The Morgan fingerprint density at radius 1 is 1.07 bits per heavy atom. The van der Waals surface area contributed by atoms with E-state index in [0.717, 1.165) is 6.07 Å². The number of halogens is 4. The minimum Gasteiger partial charge on any atom is -0.478 e. The topological polar surface area (TPSA) is 85.4 Å². The molecule has 1 heterocycles. The van der Waals surface area contributed by atoms with Crippen LogP contribution >= 0.6 is 15.9 Å². The van der Waals surface area contributed by atoms with E-state index >= 15 is 0 Å². The van der Waals surface area contributed by atoms with Gasteiger partial charge in [-0.1, -0.05) is 15.9 Å². The lowest BCUT2D eigenvalue weighted by Crippen LogP contribution is -2.19. The summed E-state index contributed by atoms with van der Waals surface area (Å²) in [6, 6.07) is 9.01. The van der Waals surface area contributed by atoms with Gasteiger partial charge in [-0.25, -0.2) is 9.78 Å². The van der Waals surface area contributed by atoms with Crippen LogP contribution in [-0.4, -0.2) is 23.1 Å². The number of methoxy groups -OCH3 is 1. The standard InChI is InChI=1S/C19H14BrF3N4O3/c1-29-17-16(9-24-10-25-17)30-13-5-2-11(3-6-13)26-18(28)27-12-4-7-15(20)14(8-12)19(21,22)23/h2-10H,1H3,(H2,26,27,28). The Labute approximate surface area is 177 Å². The highest BCUT2D eigenvalue weighted by atomic mass is 79.9. The molecule has 0 aliphatic rings. The Balaban J connectivity index is 1.64. The lowest BCUT2D eigenvalue weighted by Gasteiger charge is -2.13. The Bertz CT molecular complexity index is 1050. The Hall–Kier alpha value is -3.34.